The van der Waals surface area contributed by atoms with Gasteiger partial charge in [0.1, 0.15) is 0 Å². The van der Waals surface area contributed by atoms with Crippen LogP contribution in [-0.4, -0.2) is 31.6 Å². The maximum atomic E-state index is 11.7. The Labute approximate surface area is 113 Å². The molecule has 0 radical (unpaired) electrons. The average Bonchev–Trinajstić information content (AvgIpc) is 2.41. The standard InChI is InChI=1S/C14H19N3O2/c1-3-16(4-2)11-5-7-12(8-6-11)17-10-9-13(18)15-14(17)19/h5-8H,3-4,9-10H2,1-2H3,(H,15,18,19). The molecule has 5 nitrogen and oxygen atoms in total. The Bertz CT molecular complexity index is 466. The van der Waals surface area contributed by atoms with E-state index >= 15 is 0 Å². The lowest BCUT2D eigenvalue weighted by Crippen LogP contribution is -2.49. The van der Waals surface area contributed by atoms with Crippen LogP contribution in [-0.2, 0) is 4.79 Å². The van der Waals surface area contributed by atoms with Crippen molar-refractivity contribution < 1.29 is 9.59 Å². The zero-order valence-corrected chi connectivity index (χ0v) is 11.3. The van der Waals surface area contributed by atoms with Crippen molar-refractivity contribution in [2.75, 3.05) is 29.4 Å². The Kier molecular flexibility index (Phi) is 4.04. The molecular formula is C14H19N3O2. The molecule has 1 aliphatic rings. The van der Waals surface area contributed by atoms with Gasteiger partial charge in [0.25, 0.3) is 0 Å². The van der Waals surface area contributed by atoms with E-state index in [0.29, 0.717) is 13.0 Å². The number of carbonyl (C=O) groups excluding carboxylic acids is 2. The van der Waals surface area contributed by atoms with Crippen molar-refractivity contribution in [1.29, 1.82) is 0 Å². The van der Waals surface area contributed by atoms with Crippen LogP contribution in [0.3, 0.4) is 0 Å². The number of nitrogens with zero attached hydrogens (tertiary/aromatic N) is 2. The van der Waals surface area contributed by atoms with Crippen LogP contribution in [0, 0.1) is 0 Å². The molecule has 102 valence electrons. The van der Waals surface area contributed by atoms with E-state index in [9.17, 15) is 9.59 Å². The first-order valence-corrected chi connectivity index (χ1v) is 6.62. The second-order valence-corrected chi connectivity index (χ2v) is 4.44. The fourth-order valence-corrected chi connectivity index (χ4v) is 2.24. The highest BCUT2D eigenvalue weighted by Gasteiger charge is 2.23. The Morgan fingerprint density at radius 3 is 2.32 bits per heavy atom. The molecule has 1 aromatic rings. The molecule has 0 aliphatic carbocycles. The first-order valence-electron chi connectivity index (χ1n) is 6.62. The Hall–Kier alpha value is -2.04. The summed E-state index contributed by atoms with van der Waals surface area (Å²) in [5, 5.41) is 2.33. The normalized spacial score (nSPS) is 15.4. The minimum atomic E-state index is -0.341. The van der Waals surface area contributed by atoms with Crippen LogP contribution in [0.1, 0.15) is 20.3 Å². The topological polar surface area (TPSA) is 52.6 Å². The molecule has 19 heavy (non-hydrogen) atoms. The first-order chi connectivity index (χ1) is 9.15. The zero-order chi connectivity index (χ0) is 13.8. The Morgan fingerprint density at radius 1 is 1.16 bits per heavy atom. The highest BCUT2D eigenvalue weighted by molar-refractivity contribution is 6.05. The number of rotatable bonds is 4. The first kappa shape index (κ1) is 13.4. The molecule has 1 aliphatic heterocycles. The van der Waals surface area contributed by atoms with Gasteiger partial charge in [0.05, 0.1) is 0 Å². The lowest BCUT2D eigenvalue weighted by molar-refractivity contribution is -0.120. The van der Waals surface area contributed by atoms with Crippen molar-refractivity contribution in [3.8, 4) is 0 Å². The van der Waals surface area contributed by atoms with Crippen LogP contribution >= 0.6 is 0 Å². The summed E-state index contributed by atoms with van der Waals surface area (Å²) in [5.74, 6) is -0.207. The number of urea groups is 1. The molecular weight excluding hydrogens is 242 g/mol. The second kappa shape index (κ2) is 5.73. The van der Waals surface area contributed by atoms with Crippen LogP contribution in [0.25, 0.3) is 0 Å². The lowest BCUT2D eigenvalue weighted by Gasteiger charge is -2.27. The van der Waals surface area contributed by atoms with Crippen molar-refractivity contribution in [2.24, 2.45) is 0 Å². The van der Waals surface area contributed by atoms with Gasteiger partial charge in [0.2, 0.25) is 5.91 Å². The van der Waals surface area contributed by atoms with Crippen molar-refractivity contribution in [2.45, 2.75) is 20.3 Å². The molecule has 1 N–H and O–H groups in total. The molecule has 0 atom stereocenters. The molecule has 1 saturated heterocycles. The number of hydrogen-bond donors (Lipinski definition) is 1. The molecule has 0 aromatic heterocycles. The summed E-state index contributed by atoms with van der Waals surface area (Å²) in [6.45, 7) is 6.57. The molecule has 1 fully saturated rings. The fraction of sp³-hybridized carbons (Fsp3) is 0.429. The minimum Gasteiger partial charge on any atom is -0.372 e. The van der Waals surface area contributed by atoms with E-state index < -0.39 is 0 Å². The Balaban J connectivity index is 2.14. The van der Waals surface area contributed by atoms with E-state index in [0.717, 1.165) is 24.5 Å². The van der Waals surface area contributed by atoms with Crippen molar-refractivity contribution in [3.05, 3.63) is 24.3 Å². The molecule has 3 amide bonds. The van der Waals surface area contributed by atoms with Crippen LogP contribution < -0.4 is 15.1 Å². The maximum absolute atomic E-state index is 11.7. The van der Waals surface area contributed by atoms with Gasteiger partial charge in [-0.3, -0.25) is 15.0 Å². The fourth-order valence-electron chi connectivity index (χ4n) is 2.24. The van der Waals surface area contributed by atoms with Crippen LogP contribution in [0.4, 0.5) is 16.2 Å². The summed E-state index contributed by atoms with van der Waals surface area (Å²) in [7, 11) is 0. The molecule has 5 heteroatoms. The van der Waals surface area contributed by atoms with Gasteiger partial charge in [-0.05, 0) is 38.1 Å². The predicted octanol–water partition coefficient (Wildman–Crippen LogP) is 1.98. The van der Waals surface area contributed by atoms with Gasteiger partial charge in [0.15, 0.2) is 0 Å². The van der Waals surface area contributed by atoms with Crippen molar-refractivity contribution >= 4 is 23.3 Å². The van der Waals surface area contributed by atoms with Crippen molar-refractivity contribution in [1.82, 2.24) is 5.32 Å². The second-order valence-electron chi connectivity index (χ2n) is 4.44. The third-order valence-corrected chi connectivity index (χ3v) is 3.34. The van der Waals surface area contributed by atoms with Gasteiger partial charge >= 0.3 is 6.03 Å². The largest absolute Gasteiger partial charge is 0.372 e. The number of nitrogens with one attached hydrogen (secondary N) is 1. The highest BCUT2D eigenvalue weighted by Crippen LogP contribution is 2.22. The summed E-state index contributed by atoms with van der Waals surface area (Å²) >= 11 is 0. The van der Waals surface area contributed by atoms with Crippen LogP contribution in [0.2, 0.25) is 0 Å². The molecule has 0 unspecified atom stereocenters. The third kappa shape index (κ3) is 2.86. The number of anilines is 2. The van der Waals surface area contributed by atoms with E-state index in [-0.39, 0.29) is 11.9 Å². The van der Waals surface area contributed by atoms with E-state index in [1.807, 2.05) is 24.3 Å². The Morgan fingerprint density at radius 2 is 1.79 bits per heavy atom. The minimum absolute atomic E-state index is 0.207. The number of hydrogen-bond acceptors (Lipinski definition) is 3. The number of carbonyl (C=O) groups is 2. The lowest BCUT2D eigenvalue weighted by atomic mass is 10.2. The van der Waals surface area contributed by atoms with E-state index in [2.05, 4.69) is 24.1 Å². The molecule has 1 heterocycles. The predicted molar refractivity (Wildman–Crippen MR) is 75.5 cm³/mol. The van der Waals surface area contributed by atoms with Crippen LogP contribution in [0.15, 0.2) is 24.3 Å². The van der Waals surface area contributed by atoms with Gasteiger partial charge in [-0.2, -0.15) is 0 Å². The van der Waals surface area contributed by atoms with Crippen molar-refractivity contribution in [3.63, 3.8) is 0 Å². The number of amides is 3. The summed E-state index contributed by atoms with van der Waals surface area (Å²) in [4.78, 5) is 26.7. The monoisotopic (exact) mass is 261 g/mol. The highest BCUT2D eigenvalue weighted by atomic mass is 16.2. The third-order valence-electron chi connectivity index (χ3n) is 3.34. The quantitative estimate of drug-likeness (QED) is 0.901. The summed E-state index contributed by atoms with van der Waals surface area (Å²) < 4.78 is 0. The van der Waals surface area contributed by atoms with Gasteiger partial charge in [0, 0.05) is 37.4 Å². The number of imide groups is 1. The van der Waals surface area contributed by atoms with Gasteiger partial charge in [-0.25, -0.2) is 4.79 Å². The van der Waals surface area contributed by atoms with Gasteiger partial charge < -0.3 is 4.90 Å². The molecule has 0 spiro atoms. The number of benzene rings is 1. The van der Waals surface area contributed by atoms with Crippen LogP contribution in [0.5, 0.6) is 0 Å². The van der Waals surface area contributed by atoms with E-state index in [1.165, 1.54) is 0 Å². The van der Waals surface area contributed by atoms with E-state index in [1.54, 1.807) is 4.90 Å². The molecule has 2 rings (SSSR count). The van der Waals surface area contributed by atoms with Gasteiger partial charge in [-0.1, -0.05) is 0 Å². The molecule has 0 saturated carbocycles. The van der Waals surface area contributed by atoms with E-state index in [4.69, 9.17) is 0 Å². The summed E-state index contributed by atoms with van der Waals surface area (Å²) in [5.41, 5.74) is 1.96. The molecule has 0 bridgehead atoms. The van der Waals surface area contributed by atoms with Gasteiger partial charge in [-0.15, -0.1) is 0 Å². The zero-order valence-electron chi connectivity index (χ0n) is 11.3. The SMILES string of the molecule is CCN(CC)c1ccc(N2CCC(=O)NC2=O)cc1. The summed E-state index contributed by atoms with van der Waals surface area (Å²) in [6.07, 6.45) is 0.351. The smallest absolute Gasteiger partial charge is 0.328 e. The summed E-state index contributed by atoms with van der Waals surface area (Å²) in [6, 6.07) is 7.51. The maximum Gasteiger partial charge on any atom is 0.328 e. The average molecular weight is 261 g/mol. The molecule has 1 aromatic carbocycles.